The van der Waals surface area contributed by atoms with Crippen LogP contribution in [0.2, 0.25) is 0 Å². The van der Waals surface area contributed by atoms with Crippen LogP contribution in [0.5, 0.6) is 11.5 Å². The zero-order chi connectivity index (χ0) is 26.5. The molecule has 1 atom stereocenters. The second kappa shape index (κ2) is 14.7. The summed E-state index contributed by atoms with van der Waals surface area (Å²) in [6.45, 7) is 1.34. The summed E-state index contributed by atoms with van der Waals surface area (Å²) in [7, 11) is 4.77. The summed E-state index contributed by atoms with van der Waals surface area (Å²) in [4.78, 5) is 29.0. The number of ether oxygens (including phenoxy) is 3. The average Bonchev–Trinajstić information content (AvgIpc) is 2.93. The first kappa shape index (κ1) is 27.7. The van der Waals surface area contributed by atoms with E-state index in [1.54, 1.807) is 38.4 Å². The number of hydrogen-bond acceptors (Lipinski definition) is 5. The van der Waals surface area contributed by atoms with Gasteiger partial charge >= 0.3 is 0 Å². The zero-order valence-electron chi connectivity index (χ0n) is 21.8. The summed E-state index contributed by atoms with van der Waals surface area (Å²) in [6, 6.07) is 24.3. The number of nitrogens with zero attached hydrogens (tertiary/aromatic N) is 1. The summed E-state index contributed by atoms with van der Waals surface area (Å²) >= 11 is 0. The van der Waals surface area contributed by atoms with Crippen molar-refractivity contribution in [3.05, 3.63) is 95.6 Å². The summed E-state index contributed by atoms with van der Waals surface area (Å²) in [5.41, 5.74) is 2.71. The third kappa shape index (κ3) is 8.36. The van der Waals surface area contributed by atoms with Gasteiger partial charge in [0.25, 0.3) is 0 Å². The van der Waals surface area contributed by atoms with E-state index in [-0.39, 0.29) is 18.2 Å². The molecule has 0 aliphatic carbocycles. The standard InChI is InChI=1S/C30H36N2O5/c1-35-18-10-17-31-30(34)26(19-23-11-6-4-7-12-23)32(22-24-13-8-5-9-14-24)29(33)21-25-15-16-27(36-2)28(20-25)37-3/h4-9,11-16,20,26H,10,17-19,21-22H2,1-3H3,(H,31,34)/t26-/m1/s1. The lowest BCUT2D eigenvalue weighted by Gasteiger charge is -2.32. The number of methoxy groups -OCH3 is 3. The van der Waals surface area contributed by atoms with Crippen molar-refractivity contribution in [2.45, 2.75) is 31.8 Å². The largest absolute Gasteiger partial charge is 0.493 e. The van der Waals surface area contributed by atoms with Gasteiger partial charge in [-0.05, 0) is 35.2 Å². The van der Waals surface area contributed by atoms with Crippen LogP contribution in [0.4, 0.5) is 0 Å². The van der Waals surface area contributed by atoms with Gasteiger partial charge in [0.15, 0.2) is 11.5 Å². The second-order valence-electron chi connectivity index (χ2n) is 8.72. The van der Waals surface area contributed by atoms with Crippen molar-refractivity contribution in [1.82, 2.24) is 10.2 Å². The maximum Gasteiger partial charge on any atom is 0.243 e. The van der Waals surface area contributed by atoms with Crippen LogP contribution in [0, 0.1) is 0 Å². The summed E-state index contributed by atoms with van der Waals surface area (Å²) in [5, 5.41) is 3.01. The highest BCUT2D eigenvalue weighted by Gasteiger charge is 2.30. The third-order valence-electron chi connectivity index (χ3n) is 6.09. The van der Waals surface area contributed by atoms with Crippen LogP contribution in [-0.2, 0) is 33.7 Å². The van der Waals surface area contributed by atoms with Gasteiger partial charge in [0, 0.05) is 33.2 Å². The molecule has 1 N–H and O–H groups in total. The smallest absolute Gasteiger partial charge is 0.243 e. The molecule has 37 heavy (non-hydrogen) atoms. The van der Waals surface area contributed by atoms with Crippen LogP contribution in [0.25, 0.3) is 0 Å². The highest BCUT2D eigenvalue weighted by atomic mass is 16.5. The molecule has 7 nitrogen and oxygen atoms in total. The molecule has 0 unspecified atom stereocenters. The molecule has 0 aliphatic rings. The van der Waals surface area contributed by atoms with E-state index in [1.807, 2.05) is 66.7 Å². The lowest BCUT2D eigenvalue weighted by Crippen LogP contribution is -2.51. The van der Waals surface area contributed by atoms with Gasteiger partial charge in [0.05, 0.1) is 20.6 Å². The SMILES string of the molecule is COCCCNC(=O)[C@@H](Cc1ccccc1)N(Cc1ccccc1)C(=O)Cc1ccc(OC)c(OC)c1. The first-order chi connectivity index (χ1) is 18.0. The van der Waals surface area contributed by atoms with E-state index in [0.717, 1.165) is 16.7 Å². The molecule has 0 fully saturated rings. The van der Waals surface area contributed by atoms with E-state index in [1.165, 1.54) is 0 Å². The first-order valence-corrected chi connectivity index (χ1v) is 12.4. The molecule has 0 bridgehead atoms. The van der Waals surface area contributed by atoms with Gasteiger partial charge < -0.3 is 24.4 Å². The maximum atomic E-state index is 13.8. The molecule has 3 aromatic rings. The number of hydrogen-bond donors (Lipinski definition) is 1. The molecule has 0 spiro atoms. The Bertz CT molecular complexity index is 1120. The van der Waals surface area contributed by atoms with Crippen molar-refractivity contribution in [2.75, 3.05) is 34.5 Å². The monoisotopic (exact) mass is 504 g/mol. The molecule has 2 amide bonds. The quantitative estimate of drug-likeness (QED) is 0.336. The molecule has 3 aromatic carbocycles. The Hall–Kier alpha value is -3.84. The van der Waals surface area contributed by atoms with Gasteiger partial charge in [0.2, 0.25) is 11.8 Å². The molecular formula is C30H36N2O5. The van der Waals surface area contributed by atoms with Crippen LogP contribution < -0.4 is 14.8 Å². The van der Waals surface area contributed by atoms with Crippen LogP contribution >= 0.6 is 0 Å². The predicted molar refractivity (Wildman–Crippen MR) is 144 cm³/mol. The molecule has 0 saturated carbocycles. The summed E-state index contributed by atoms with van der Waals surface area (Å²) < 4.78 is 15.9. The van der Waals surface area contributed by atoms with Crippen molar-refractivity contribution in [3.63, 3.8) is 0 Å². The normalized spacial score (nSPS) is 11.4. The lowest BCUT2D eigenvalue weighted by atomic mass is 10.0. The molecule has 0 aromatic heterocycles. The fourth-order valence-corrected chi connectivity index (χ4v) is 4.15. The molecule has 7 heteroatoms. The van der Waals surface area contributed by atoms with Crippen LogP contribution in [-0.4, -0.2) is 57.2 Å². The van der Waals surface area contributed by atoms with E-state index in [9.17, 15) is 9.59 Å². The molecular weight excluding hydrogens is 468 g/mol. The molecule has 0 aliphatic heterocycles. The number of carbonyl (C=O) groups excluding carboxylic acids is 2. The molecule has 3 rings (SSSR count). The first-order valence-electron chi connectivity index (χ1n) is 12.4. The van der Waals surface area contributed by atoms with Gasteiger partial charge in [-0.25, -0.2) is 0 Å². The molecule has 0 saturated heterocycles. The van der Waals surface area contributed by atoms with Crippen LogP contribution in [0.1, 0.15) is 23.1 Å². The van der Waals surface area contributed by atoms with Crippen LogP contribution in [0.15, 0.2) is 78.9 Å². The minimum Gasteiger partial charge on any atom is -0.493 e. The van der Waals surface area contributed by atoms with Crippen molar-refractivity contribution in [2.24, 2.45) is 0 Å². The van der Waals surface area contributed by atoms with Crippen molar-refractivity contribution in [3.8, 4) is 11.5 Å². The number of carbonyl (C=O) groups is 2. The number of amides is 2. The summed E-state index contributed by atoms with van der Waals surface area (Å²) in [6.07, 6.45) is 1.22. The predicted octanol–water partition coefficient (Wildman–Crippen LogP) is 4.04. The topological polar surface area (TPSA) is 77.1 Å². The van der Waals surface area contributed by atoms with Crippen molar-refractivity contribution < 1.29 is 23.8 Å². The van der Waals surface area contributed by atoms with E-state index in [2.05, 4.69) is 5.32 Å². The van der Waals surface area contributed by atoms with Crippen molar-refractivity contribution >= 4 is 11.8 Å². The van der Waals surface area contributed by atoms with Crippen molar-refractivity contribution in [1.29, 1.82) is 0 Å². The number of nitrogens with one attached hydrogen (secondary N) is 1. The fraction of sp³-hybridized carbons (Fsp3) is 0.333. The maximum absolute atomic E-state index is 13.8. The lowest BCUT2D eigenvalue weighted by molar-refractivity contribution is -0.140. The zero-order valence-corrected chi connectivity index (χ0v) is 21.8. The molecule has 196 valence electrons. The Morgan fingerprint density at radius 1 is 0.811 bits per heavy atom. The number of benzene rings is 3. The Morgan fingerprint density at radius 3 is 2.08 bits per heavy atom. The van der Waals surface area contributed by atoms with E-state index < -0.39 is 6.04 Å². The van der Waals surface area contributed by atoms with Crippen LogP contribution in [0.3, 0.4) is 0 Å². The fourth-order valence-electron chi connectivity index (χ4n) is 4.15. The van der Waals surface area contributed by atoms with E-state index in [0.29, 0.717) is 44.0 Å². The van der Waals surface area contributed by atoms with Gasteiger partial charge in [-0.3, -0.25) is 9.59 Å². The van der Waals surface area contributed by atoms with Gasteiger partial charge in [0.1, 0.15) is 6.04 Å². The average molecular weight is 505 g/mol. The Labute approximate surface area is 219 Å². The highest BCUT2D eigenvalue weighted by Crippen LogP contribution is 2.28. The Balaban J connectivity index is 1.92. The molecule has 0 heterocycles. The molecule has 0 radical (unpaired) electrons. The van der Waals surface area contributed by atoms with E-state index in [4.69, 9.17) is 14.2 Å². The Kier molecular flexibility index (Phi) is 11.0. The van der Waals surface area contributed by atoms with Gasteiger partial charge in [-0.15, -0.1) is 0 Å². The minimum atomic E-state index is -0.683. The summed E-state index contributed by atoms with van der Waals surface area (Å²) in [5.74, 6) is 0.817. The Morgan fingerprint density at radius 2 is 1.46 bits per heavy atom. The second-order valence-corrected chi connectivity index (χ2v) is 8.72. The highest BCUT2D eigenvalue weighted by molar-refractivity contribution is 5.88. The van der Waals surface area contributed by atoms with Gasteiger partial charge in [-0.2, -0.15) is 0 Å². The minimum absolute atomic E-state index is 0.120. The van der Waals surface area contributed by atoms with E-state index >= 15 is 0 Å². The number of rotatable bonds is 14. The van der Waals surface area contributed by atoms with Gasteiger partial charge in [-0.1, -0.05) is 66.7 Å². The third-order valence-corrected chi connectivity index (χ3v) is 6.09.